The fourth-order valence-electron chi connectivity index (χ4n) is 1.54. The molecule has 0 aliphatic rings. The van der Waals surface area contributed by atoms with Crippen molar-refractivity contribution in [2.24, 2.45) is 0 Å². The van der Waals surface area contributed by atoms with Gasteiger partial charge < -0.3 is 5.32 Å². The van der Waals surface area contributed by atoms with Gasteiger partial charge in [0.1, 0.15) is 6.54 Å². The van der Waals surface area contributed by atoms with Gasteiger partial charge in [-0.15, -0.1) is 0 Å². The lowest BCUT2D eigenvalue weighted by molar-refractivity contribution is -0.141. The van der Waals surface area contributed by atoms with Crippen LogP contribution in [0, 0.1) is 0 Å². The van der Waals surface area contributed by atoms with Crippen LogP contribution in [-0.4, -0.2) is 15.7 Å². The quantitative estimate of drug-likeness (QED) is 0.924. The molecule has 0 saturated carbocycles. The summed E-state index contributed by atoms with van der Waals surface area (Å²) in [6.45, 7) is -0.391. The Balaban J connectivity index is 2.07. The van der Waals surface area contributed by atoms with E-state index in [4.69, 9.17) is 23.2 Å². The highest BCUT2D eigenvalue weighted by Crippen LogP contribution is 2.30. The van der Waals surface area contributed by atoms with Crippen LogP contribution in [0.25, 0.3) is 0 Å². The highest BCUT2D eigenvalue weighted by Gasteiger charge is 2.33. The zero-order valence-electron chi connectivity index (χ0n) is 10.3. The van der Waals surface area contributed by atoms with E-state index < -0.39 is 24.3 Å². The largest absolute Gasteiger partial charge is 0.435 e. The third-order valence-corrected chi connectivity index (χ3v) is 3.09. The number of para-hydroxylation sites is 1. The molecule has 0 radical (unpaired) electrons. The van der Waals surface area contributed by atoms with Gasteiger partial charge in [0, 0.05) is 6.20 Å². The van der Waals surface area contributed by atoms with Gasteiger partial charge >= 0.3 is 6.18 Å². The lowest BCUT2D eigenvalue weighted by Crippen LogP contribution is -2.20. The van der Waals surface area contributed by atoms with Crippen LogP contribution in [-0.2, 0) is 17.5 Å². The molecule has 0 aliphatic heterocycles. The minimum atomic E-state index is -4.55. The summed E-state index contributed by atoms with van der Waals surface area (Å²) in [6.07, 6.45) is -3.48. The molecule has 112 valence electrons. The summed E-state index contributed by atoms with van der Waals surface area (Å²) in [5, 5.41) is 6.16. The second-order valence-corrected chi connectivity index (χ2v) is 4.86. The molecule has 1 N–H and O–H groups in total. The smallest absolute Gasteiger partial charge is 0.322 e. The van der Waals surface area contributed by atoms with Gasteiger partial charge in [-0.1, -0.05) is 29.3 Å². The van der Waals surface area contributed by atoms with Crippen LogP contribution in [0.5, 0.6) is 0 Å². The normalized spacial score (nSPS) is 11.5. The summed E-state index contributed by atoms with van der Waals surface area (Å²) in [6, 6.07) is 5.44. The van der Waals surface area contributed by atoms with Gasteiger partial charge in [-0.25, -0.2) is 0 Å². The standard InChI is InChI=1S/C12H8Cl2F3N3O/c13-7-2-1-3-8(14)11(7)18-10(21)6-20-5-4-9(19-20)12(15,16)17/h1-5H,6H2,(H,18,21). The van der Waals surface area contributed by atoms with Gasteiger partial charge in [-0.3, -0.25) is 9.48 Å². The molecule has 0 spiro atoms. The Kier molecular flexibility index (Phi) is 4.43. The fraction of sp³-hybridized carbons (Fsp3) is 0.167. The highest BCUT2D eigenvalue weighted by molar-refractivity contribution is 6.39. The SMILES string of the molecule is O=C(Cn1ccc(C(F)(F)F)n1)Nc1c(Cl)cccc1Cl. The number of carbonyl (C=O) groups excluding carboxylic acids is 1. The average Bonchev–Trinajstić information content (AvgIpc) is 2.82. The predicted molar refractivity (Wildman–Crippen MR) is 72.3 cm³/mol. The van der Waals surface area contributed by atoms with Crippen molar-refractivity contribution < 1.29 is 18.0 Å². The Morgan fingerprint density at radius 1 is 1.24 bits per heavy atom. The van der Waals surface area contributed by atoms with E-state index in [2.05, 4.69) is 10.4 Å². The van der Waals surface area contributed by atoms with Crippen molar-refractivity contribution in [2.75, 3.05) is 5.32 Å². The van der Waals surface area contributed by atoms with E-state index in [1.165, 1.54) is 12.1 Å². The van der Waals surface area contributed by atoms with Crippen LogP contribution in [0.2, 0.25) is 10.0 Å². The minimum Gasteiger partial charge on any atom is -0.322 e. The molecule has 2 aromatic rings. The molecule has 21 heavy (non-hydrogen) atoms. The van der Waals surface area contributed by atoms with Crippen molar-refractivity contribution in [1.29, 1.82) is 0 Å². The molecule has 9 heteroatoms. The molecule has 1 aromatic heterocycles. The fourth-order valence-corrected chi connectivity index (χ4v) is 2.04. The first kappa shape index (κ1) is 15.7. The zero-order chi connectivity index (χ0) is 15.6. The number of benzene rings is 1. The van der Waals surface area contributed by atoms with Gasteiger partial charge in [-0.2, -0.15) is 18.3 Å². The van der Waals surface area contributed by atoms with Gasteiger partial charge in [0.15, 0.2) is 5.69 Å². The van der Waals surface area contributed by atoms with Crippen LogP contribution < -0.4 is 5.32 Å². The Morgan fingerprint density at radius 3 is 2.38 bits per heavy atom. The second kappa shape index (κ2) is 5.95. The molecule has 2 rings (SSSR count). The van der Waals surface area contributed by atoms with E-state index >= 15 is 0 Å². The second-order valence-electron chi connectivity index (χ2n) is 4.04. The molecule has 1 amide bonds. The molecule has 0 aliphatic carbocycles. The zero-order valence-corrected chi connectivity index (χ0v) is 11.8. The molecule has 0 saturated heterocycles. The number of alkyl halides is 3. The van der Waals surface area contributed by atoms with Gasteiger partial charge in [0.05, 0.1) is 15.7 Å². The maximum absolute atomic E-state index is 12.4. The van der Waals surface area contributed by atoms with Crippen LogP contribution in [0.3, 0.4) is 0 Å². The Hall–Kier alpha value is -1.73. The number of hydrogen-bond donors (Lipinski definition) is 1. The predicted octanol–water partition coefficient (Wildman–Crippen LogP) is 3.85. The van der Waals surface area contributed by atoms with Crippen molar-refractivity contribution >= 4 is 34.8 Å². The van der Waals surface area contributed by atoms with Crippen LogP contribution in [0.15, 0.2) is 30.5 Å². The van der Waals surface area contributed by atoms with Crippen molar-refractivity contribution in [3.63, 3.8) is 0 Å². The maximum atomic E-state index is 12.4. The van der Waals surface area contributed by atoms with E-state index in [0.29, 0.717) is 0 Å². The molecular weight excluding hydrogens is 330 g/mol. The Morgan fingerprint density at radius 2 is 1.86 bits per heavy atom. The lowest BCUT2D eigenvalue weighted by Gasteiger charge is -2.09. The summed E-state index contributed by atoms with van der Waals surface area (Å²) < 4.78 is 38.0. The van der Waals surface area contributed by atoms with E-state index in [1.54, 1.807) is 6.07 Å². The van der Waals surface area contributed by atoms with Crippen LogP contribution in [0.4, 0.5) is 18.9 Å². The van der Waals surface area contributed by atoms with E-state index in [1.807, 2.05) is 0 Å². The van der Waals surface area contributed by atoms with Crippen molar-refractivity contribution in [2.45, 2.75) is 12.7 Å². The first-order valence-corrected chi connectivity index (χ1v) is 6.37. The number of halogens is 5. The van der Waals surface area contributed by atoms with E-state index in [0.717, 1.165) is 16.9 Å². The van der Waals surface area contributed by atoms with Gasteiger partial charge in [-0.05, 0) is 18.2 Å². The number of nitrogens with zero attached hydrogens (tertiary/aromatic N) is 2. The number of aromatic nitrogens is 2. The molecule has 1 aromatic carbocycles. The van der Waals surface area contributed by atoms with Crippen LogP contribution >= 0.6 is 23.2 Å². The highest BCUT2D eigenvalue weighted by atomic mass is 35.5. The monoisotopic (exact) mass is 337 g/mol. The van der Waals surface area contributed by atoms with E-state index in [-0.39, 0.29) is 15.7 Å². The number of rotatable bonds is 3. The summed E-state index contributed by atoms with van der Waals surface area (Å²) >= 11 is 11.7. The number of carbonyl (C=O) groups is 1. The molecular formula is C12H8Cl2F3N3O. The number of hydrogen-bond acceptors (Lipinski definition) is 2. The first-order valence-electron chi connectivity index (χ1n) is 5.62. The third kappa shape index (κ3) is 3.89. The number of amides is 1. The third-order valence-electron chi connectivity index (χ3n) is 2.46. The summed E-state index contributed by atoms with van der Waals surface area (Å²) in [7, 11) is 0. The maximum Gasteiger partial charge on any atom is 0.435 e. The first-order chi connectivity index (χ1) is 9.77. The molecule has 1 heterocycles. The van der Waals surface area contributed by atoms with Crippen molar-refractivity contribution in [1.82, 2.24) is 9.78 Å². The van der Waals surface area contributed by atoms with Gasteiger partial charge in [0.2, 0.25) is 5.91 Å². The van der Waals surface area contributed by atoms with Crippen molar-refractivity contribution in [3.8, 4) is 0 Å². The van der Waals surface area contributed by atoms with E-state index in [9.17, 15) is 18.0 Å². The van der Waals surface area contributed by atoms with Gasteiger partial charge in [0.25, 0.3) is 0 Å². The number of anilines is 1. The topological polar surface area (TPSA) is 46.9 Å². The molecule has 0 fully saturated rings. The average molecular weight is 338 g/mol. The lowest BCUT2D eigenvalue weighted by atomic mass is 10.3. The Bertz CT molecular complexity index is 650. The Labute approximate surface area is 127 Å². The summed E-state index contributed by atoms with van der Waals surface area (Å²) in [4.78, 5) is 11.8. The van der Waals surface area contributed by atoms with Crippen LogP contribution in [0.1, 0.15) is 5.69 Å². The molecule has 4 nitrogen and oxygen atoms in total. The van der Waals surface area contributed by atoms with Crippen molar-refractivity contribution in [3.05, 3.63) is 46.2 Å². The minimum absolute atomic E-state index is 0.203. The molecule has 0 unspecified atom stereocenters. The molecule has 0 atom stereocenters. The molecule has 0 bridgehead atoms. The number of nitrogens with one attached hydrogen (secondary N) is 1. The summed E-state index contributed by atoms with van der Waals surface area (Å²) in [5.74, 6) is -0.596. The summed E-state index contributed by atoms with van der Waals surface area (Å²) in [5.41, 5.74) is -0.861.